The van der Waals surface area contributed by atoms with E-state index in [0.29, 0.717) is 0 Å². The second kappa shape index (κ2) is 6.48. The standard InChI is InChI=1S/C16H13N3O6/c1-2-24-16(23)19-10-4-13(22)12(21)3-8(10)14-5-11(20)9-6-17-7-18-15(9)25-14/h3-7,21-22H,2H2,1H3,(H,19,23). The minimum absolute atomic E-state index is 0.0401. The highest BCUT2D eigenvalue weighted by Crippen LogP contribution is 2.37. The molecule has 1 amide bonds. The Morgan fingerprint density at radius 2 is 2.04 bits per heavy atom. The summed E-state index contributed by atoms with van der Waals surface area (Å²) in [4.78, 5) is 31.5. The Morgan fingerprint density at radius 3 is 2.80 bits per heavy atom. The summed E-state index contributed by atoms with van der Waals surface area (Å²) in [5.74, 6) is -0.867. The van der Waals surface area contributed by atoms with Crippen LogP contribution in [0, 0.1) is 0 Å². The Bertz CT molecular complexity index is 1010. The molecule has 9 heteroatoms. The lowest BCUT2D eigenvalue weighted by Gasteiger charge is -2.12. The van der Waals surface area contributed by atoms with E-state index in [9.17, 15) is 19.8 Å². The van der Waals surface area contributed by atoms with Crippen molar-refractivity contribution in [1.29, 1.82) is 0 Å². The molecule has 0 aliphatic carbocycles. The first kappa shape index (κ1) is 16.2. The second-order valence-corrected chi connectivity index (χ2v) is 4.95. The van der Waals surface area contributed by atoms with Crippen LogP contribution in [0.15, 0.2) is 39.9 Å². The van der Waals surface area contributed by atoms with Crippen molar-refractivity contribution in [2.75, 3.05) is 11.9 Å². The van der Waals surface area contributed by atoms with Gasteiger partial charge in [-0.25, -0.2) is 14.8 Å². The second-order valence-electron chi connectivity index (χ2n) is 4.95. The molecule has 0 fully saturated rings. The summed E-state index contributed by atoms with van der Waals surface area (Å²) in [6.07, 6.45) is 1.78. The van der Waals surface area contributed by atoms with Gasteiger partial charge in [0.2, 0.25) is 5.71 Å². The van der Waals surface area contributed by atoms with Gasteiger partial charge in [-0.2, -0.15) is 0 Å². The molecule has 2 aromatic heterocycles. The van der Waals surface area contributed by atoms with Crippen molar-refractivity contribution >= 4 is 22.9 Å². The number of fused-ring (bicyclic) bond motifs is 1. The number of ether oxygens (including phenoxy) is 1. The average Bonchev–Trinajstić information content (AvgIpc) is 2.58. The van der Waals surface area contributed by atoms with E-state index in [1.807, 2.05) is 0 Å². The summed E-state index contributed by atoms with van der Waals surface area (Å²) < 4.78 is 10.4. The number of phenols is 2. The maximum atomic E-state index is 12.2. The van der Waals surface area contributed by atoms with Gasteiger partial charge < -0.3 is 19.4 Å². The van der Waals surface area contributed by atoms with Gasteiger partial charge in [-0.3, -0.25) is 10.1 Å². The van der Waals surface area contributed by atoms with Crippen LogP contribution in [0.3, 0.4) is 0 Å². The molecule has 0 saturated heterocycles. The van der Waals surface area contributed by atoms with Crippen LogP contribution in [-0.4, -0.2) is 32.9 Å². The van der Waals surface area contributed by atoms with Crippen LogP contribution in [-0.2, 0) is 4.74 Å². The number of anilines is 1. The molecular weight excluding hydrogens is 330 g/mol. The summed E-state index contributed by atoms with van der Waals surface area (Å²) in [5.41, 5.74) is -0.0927. The van der Waals surface area contributed by atoms with Crippen molar-refractivity contribution in [2.24, 2.45) is 0 Å². The number of hydrogen-bond acceptors (Lipinski definition) is 8. The molecular formula is C16H13N3O6. The number of nitrogens with zero attached hydrogens (tertiary/aromatic N) is 2. The van der Waals surface area contributed by atoms with Gasteiger partial charge in [0, 0.05) is 23.9 Å². The van der Waals surface area contributed by atoms with Gasteiger partial charge in [0.1, 0.15) is 17.5 Å². The Balaban J connectivity index is 2.17. The van der Waals surface area contributed by atoms with Crippen molar-refractivity contribution < 1.29 is 24.2 Å². The number of phenolic OH excluding ortho intramolecular Hbond substituents is 2. The van der Waals surface area contributed by atoms with Gasteiger partial charge in [-0.15, -0.1) is 0 Å². The molecule has 0 bridgehead atoms. The lowest BCUT2D eigenvalue weighted by Crippen LogP contribution is -2.14. The average molecular weight is 343 g/mol. The van der Waals surface area contributed by atoms with Crippen LogP contribution in [0.5, 0.6) is 11.5 Å². The van der Waals surface area contributed by atoms with Crippen molar-refractivity contribution in [3.05, 3.63) is 40.9 Å². The third-order valence-electron chi connectivity index (χ3n) is 3.30. The van der Waals surface area contributed by atoms with Gasteiger partial charge in [0.25, 0.3) is 0 Å². The first-order valence-corrected chi connectivity index (χ1v) is 7.23. The molecule has 25 heavy (non-hydrogen) atoms. The van der Waals surface area contributed by atoms with Crippen molar-refractivity contribution in [3.8, 4) is 22.8 Å². The molecule has 0 spiro atoms. The first-order valence-electron chi connectivity index (χ1n) is 7.23. The zero-order valence-corrected chi connectivity index (χ0v) is 13.0. The number of rotatable bonds is 3. The van der Waals surface area contributed by atoms with E-state index < -0.39 is 23.0 Å². The fourth-order valence-electron chi connectivity index (χ4n) is 2.19. The fraction of sp³-hybridized carbons (Fsp3) is 0.125. The molecule has 0 aliphatic heterocycles. The summed E-state index contributed by atoms with van der Waals surface area (Å²) in [5, 5.41) is 22.1. The third kappa shape index (κ3) is 3.20. The minimum Gasteiger partial charge on any atom is -0.504 e. The lowest BCUT2D eigenvalue weighted by molar-refractivity contribution is 0.168. The molecule has 1 aromatic carbocycles. The molecule has 0 aliphatic rings. The number of aromatic hydroxyl groups is 2. The van der Waals surface area contributed by atoms with Gasteiger partial charge >= 0.3 is 6.09 Å². The molecule has 0 atom stereocenters. The van der Waals surface area contributed by atoms with Crippen LogP contribution in [0.4, 0.5) is 10.5 Å². The van der Waals surface area contributed by atoms with Crippen LogP contribution in [0.2, 0.25) is 0 Å². The zero-order valence-electron chi connectivity index (χ0n) is 13.0. The predicted octanol–water partition coefficient (Wildman–Crippen LogP) is 2.23. The number of benzene rings is 1. The van der Waals surface area contributed by atoms with Gasteiger partial charge in [0.05, 0.1) is 12.3 Å². The zero-order chi connectivity index (χ0) is 18.0. The van der Waals surface area contributed by atoms with Crippen LogP contribution >= 0.6 is 0 Å². The van der Waals surface area contributed by atoms with Crippen molar-refractivity contribution in [2.45, 2.75) is 6.92 Å². The molecule has 2 heterocycles. The van der Waals surface area contributed by atoms with Gasteiger partial charge in [0.15, 0.2) is 16.9 Å². The number of nitrogens with one attached hydrogen (secondary N) is 1. The molecule has 128 valence electrons. The molecule has 3 rings (SSSR count). The van der Waals surface area contributed by atoms with Crippen molar-refractivity contribution in [1.82, 2.24) is 9.97 Å². The van der Waals surface area contributed by atoms with Gasteiger partial charge in [-0.05, 0) is 13.0 Å². The molecule has 3 N–H and O–H groups in total. The highest BCUT2D eigenvalue weighted by molar-refractivity contribution is 5.92. The highest BCUT2D eigenvalue weighted by atomic mass is 16.5. The number of amides is 1. The summed E-state index contributed by atoms with van der Waals surface area (Å²) in [6, 6.07) is 3.45. The van der Waals surface area contributed by atoms with Gasteiger partial charge in [-0.1, -0.05) is 0 Å². The van der Waals surface area contributed by atoms with Crippen LogP contribution in [0.1, 0.15) is 6.92 Å². The number of aromatic nitrogens is 2. The largest absolute Gasteiger partial charge is 0.504 e. The number of hydrogen-bond donors (Lipinski definition) is 3. The maximum absolute atomic E-state index is 12.2. The Morgan fingerprint density at radius 1 is 1.28 bits per heavy atom. The topological polar surface area (TPSA) is 135 Å². The van der Waals surface area contributed by atoms with Crippen LogP contribution < -0.4 is 10.7 Å². The van der Waals surface area contributed by atoms with E-state index in [-0.39, 0.29) is 34.7 Å². The molecule has 3 aromatic rings. The first-order chi connectivity index (χ1) is 12.0. The summed E-state index contributed by atoms with van der Waals surface area (Å²) in [7, 11) is 0. The van der Waals surface area contributed by atoms with E-state index in [0.717, 1.165) is 12.1 Å². The Hall–Kier alpha value is -3.62. The van der Waals surface area contributed by atoms with E-state index >= 15 is 0 Å². The normalized spacial score (nSPS) is 10.6. The molecule has 0 unspecified atom stereocenters. The smallest absolute Gasteiger partial charge is 0.411 e. The third-order valence-corrected chi connectivity index (χ3v) is 3.30. The summed E-state index contributed by atoms with van der Waals surface area (Å²) in [6.45, 7) is 1.78. The predicted molar refractivity (Wildman–Crippen MR) is 87.5 cm³/mol. The molecule has 0 saturated carbocycles. The van der Waals surface area contributed by atoms with E-state index in [1.165, 1.54) is 18.6 Å². The fourth-order valence-corrected chi connectivity index (χ4v) is 2.19. The number of carbonyl (C=O) groups is 1. The van der Waals surface area contributed by atoms with E-state index in [2.05, 4.69) is 15.3 Å². The minimum atomic E-state index is -0.765. The van der Waals surface area contributed by atoms with E-state index in [4.69, 9.17) is 9.15 Å². The number of carbonyl (C=O) groups excluding carboxylic acids is 1. The Kier molecular flexibility index (Phi) is 4.21. The quantitative estimate of drug-likeness (QED) is 0.487. The molecule has 0 radical (unpaired) electrons. The SMILES string of the molecule is CCOC(=O)Nc1cc(O)c(O)cc1-c1cc(=O)c2cncnc2o1. The van der Waals surface area contributed by atoms with Crippen molar-refractivity contribution in [3.63, 3.8) is 0 Å². The molecule has 9 nitrogen and oxygen atoms in total. The van der Waals surface area contributed by atoms with E-state index in [1.54, 1.807) is 6.92 Å². The Labute approximate surface area is 140 Å². The maximum Gasteiger partial charge on any atom is 0.411 e. The summed E-state index contributed by atoms with van der Waals surface area (Å²) >= 11 is 0. The lowest BCUT2D eigenvalue weighted by atomic mass is 10.1. The van der Waals surface area contributed by atoms with Crippen LogP contribution in [0.25, 0.3) is 22.4 Å². The highest BCUT2D eigenvalue weighted by Gasteiger charge is 2.17. The monoisotopic (exact) mass is 343 g/mol.